The van der Waals surface area contributed by atoms with Crippen molar-refractivity contribution in [2.45, 2.75) is 112 Å². The number of halogens is 3. The second-order valence-corrected chi connectivity index (χ2v) is 12.0. The first-order chi connectivity index (χ1) is 20.9. The minimum absolute atomic E-state index is 0.302. The van der Waals surface area contributed by atoms with Crippen LogP contribution < -0.4 is 0 Å². The van der Waals surface area contributed by atoms with E-state index in [9.17, 15) is 13.2 Å². The molecule has 0 aliphatic carbocycles. The number of rotatable bonds is 12. The summed E-state index contributed by atoms with van der Waals surface area (Å²) in [6, 6.07) is 5.45. The van der Waals surface area contributed by atoms with Crippen molar-refractivity contribution in [3.63, 3.8) is 0 Å². The Kier molecular flexibility index (Phi) is 15.8. The lowest BCUT2D eigenvalue weighted by Gasteiger charge is -2.13. The number of alkyl halides is 3. The molecule has 1 aromatic carbocycles. The first-order valence-corrected chi connectivity index (χ1v) is 16.4. The average molecular weight is 614 g/mol. The smallest absolute Gasteiger partial charge is 0.306 e. The number of aromatic nitrogens is 4. The van der Waals surface area contributed by atoms with E-state index in [2.05, 4.69) is 61.6 Å². The largest absolute Gasteiger partial charge is 0.416 e. The van der Waals surface area contributed by atoms with Gasteiger partial charge in [-0.1, -0.05) is 85.6 Å². The number of hydrogen-bond acceptors (Lipinski definition) is 4. The normalized spacial score (nSPS) is 12.2. The second kappa shape index (κ2) is 18.7. The van der Waals surface area contributed by atoms with Gasteiger partial charge in [-0.2, -0.15) is 18.3 Å². The zero-order valence-electron chi connectivity index (χ0n) is 28.3. The summed E-state index contributed by atoms with van der Waals surface area (Å²) in [5.74, 6) is 0.969. The quantitative estimate of drug-likeness (QED) is 0.149. The third-order valence-corrected chi connectivity index (χ3v) is 7.62. The lowest BCUT2D eigenvalue weighted by molar-refractivity contribution is -0.137. The molecule has 1 unspecified atom stereocenters. The fourth-order valence-electron chi connectivity index (χ4n) is 5.22. The monoisotopic (exact) mass is 613 g/mol. The Morgan fingerprint density at radius 1 is 0.841 bits per heavy atom. The van der Waals surface area contributed by atoms with Gasteiger partial charge in [-0.05, 0) is 82.1 Å². The standard InChI is InChI=1S/C18H13F3N4.C10H22.C8H19N/c1-10-7-22-17-15(8-23-25(17)9-10)14-5-11(2)24-16-6-12(18(19,20)21)3-4-13(14)16;1-4-6-7-9-10(3)8-5-2;1-4-6-8-9(3)7-5-2/h3-9H,1-2H3;10H,4-9H2,1-3H3;4-8H2,1-3H3. The zero-order chi connectivity index (χ0) is 32.7. The van der Waals surface area contributed by atoms with Crippen LogP contribution >= 0.6 is 0 Å². The van der Waals surface area contributed by atoms with Crippen molar-refractivity contribution in [3.8, 4) is 11.1 Å². The van der Waals surface area contributed by atoms with Gasteiger partial charge in [-0.3, -0.25) is 4.98 Å². The van der Waals surface area contributed by atoms with Gasteiger partial charge in [0.2, 0.25) is 0 Å². The number of benzene rings is 1. The van der Waals surface area contributed by atoms with E-state index in [0.717, 1.165) is 34.7 Å². The maximum atomic E-state index is 13.0. The Hall–Kier alpha value is -3.00. The van der Waals surface area contributed by atoms with Crippen molar-refractivity contribution in [1.82, 2.24) is 24.5 Å². The maximum Gasteiger partial charge on any atom is 0.416 e. The predicted molar refractivity (Wildman–Crippen MR) is 179 cm³/mol. The Morgan fingerprint density at radius 3 is 2.20 bits per heavy atom. The van der Waals surface area contributed by atoms with Crippen molar-refractivity contribution in [2.24, 2.45) is 5.92 Å². The minimum atomic E-state index is -4.40. The van der Waals surface area contributed by atoms with Crippen molar-refractivity contribution >= 4 is 16.6 Å². The van der Waals surface area contributed by atoms with Crippen LogP contribution in [0.5, 0.6) is 0 Å². The van der Waals surface area contributed by atoms with Crippen LogP contribution in [-0.2, 0) is 6.18 Å². The number of fused-ring (bicyclic) bond motifs is 2. The molecule has 0 bridgehead atoms. The third-order valence-electron chi connectivity index (χ3n) is 7.62. The van der Waals surface area contributed by atoms with Crippen LogP contribution in [0.15, 0.2) is 42.9 Å². The van der Waals surface area contributed by atoms with E-state index in [1.807, 2.05) is 19.2 Å². The molecule has 0 fully saturated rings. The van der Waals surface area contributed by atoms with E-state index in [0.29, 0.717) is 22.2 Å². The van der Waals surface area contributed by atoms with Crippen LogP contribution in [0.1, 0.15) is 109 Å². The molecule has 8 heteroatoms. The summed E-state index contributed by atoms with van der Waals surface area (Å²) in [7, 11) is 2.19. The van der Waals surface area contributed by atoms with Crippen LogP contribution in [0, 0.1) is 19.8 Å². The lowest BCUT2D eigenvalue weighted by atomic mass is 9.99. The average Bonchev–Trinajstić information content (AvgIpc) is 3.39. The lowest BCUT2D eigenvalue weighted by Crippen LogP contribution is -2.19. The molecule has 0 saturated heterocycles. The zero-order valence-corrected chi connectivity index (χ0v) is 28.3. The minimum Gasteiger partial charge on any atom is -0.306 e. The molecule has 4 rings (SSSR count). The van der Waals surface area contributed by atoms with Gasteiger partial charge in [-0.25, -0.2) is 9.50 Å². The number of nitrogens with zero attached hydrogens (tertiary/aromatic N) is 5. The number of unbranched alkanes of at least 4 members (excludes halogenated alkanes) is 3. The van der Waals surface area contributed by atoms with Gasteiger partial charge < -0.3 is 4.90 Å². The summed E-state index contributed by atoms with van der Waals surface area (Å²) in [6.07, 6.45) is 13.2. The highest BCUT2D eigenvalue weighted by molar-refractivity contribution is 5.98. The molecule has 5 nitrogen and oxygen atoms in total. The van der Waals surface area contributed by atoms with Gasteiger partial charge in [0, 0.05) is 29.0 Å². The topological polar surface area (TPSA) is 46.3 Å². The van der Waals surface area contributed by atoms with Crippen LogP contribution in [0.3, 0.4) is 0 Å². The van der Waals surface area contributed by atoms with E-state index in [1.54, 1.807) is 23.8 Å². The molecule has 3 heterocycles. The molecule has 0 amide bonds. The van der Waals surface area contributed by atoms with Crippen molar-refractivity contribution < 1.29 is 13.2 Å². The van der Waals surface area contributed by atoms with Gasteiger partial charge in [0.25, 0.3) is 0 Å². The first-order valence-electron chi connectivity index (χ1n) is 16.4. The maximum absolute atomic E-state index is 13.0. The Morgan fingerprint density at radius 2 is 1.57 bits per heavy atom. The molecule has 244 valence electrons. The molecule has 0 saturated carbocycles. The summed E-state index contributed by atoms with van der Waals surface area (Å²) >= 11 is 0. The molecule has 1 atom stereocenters. The molecule has 4 aromatic rings. The van der Waals surface area contributed by atoms with E-state index in [4.69, 9.17) is 0 Å². The molecule has 0 aliphatic heterocycles. The van der Waals surface area contributed by atoms with Gasteiger partial charge in [-0.15, -0.1) is 0 Å². The van der Waals surface area contributed by atoms with Crippen LogP contribution in [-0.4, -0.2) is 44.6 Å². The Balaban J connectivity index is 0.000000295. The summed E-state index contributed by atoms with van der Waals surface area (Å²) in [5, 5.41) is 4.94. The molecule has 0 N–H and O–H groups in total. The fraction of sp³-hybridized carbons (Fsp3) is 0.583. The number of aryl methyl sites for hydroxylation is 2. The van der Waals surface area contributed by atoms with Crippen molar-refractivity contribution in [2.75, 3.05) is 20.1 Å². The van der Waals surface area contributed by atoms with Crippen LogP contribution in [0.2, 0.25) is 0 Å². The van der Waals surface area contributed by atoms with Gasteiger partial charge >= 0.3 is 6.18 Å². The molecule has 44 heavy (non-hydrogen) atoms. The summed E-state index contributed by atoms with van der Waals surface area (Å²) in [5.41, 5.74) is 3.37. The highest BCUT2D eigenvalue weighted by Gasteiger charge is 2.31. The summed E-state index contributed by atoms with van der Waals surface area (Å²) < 4.78 is 40.6. The number of pyridine rings is 1. The van der Waals surface area contributed by atoms with Gasteiger partial charge in [0.15, 0.2) is 5.65 Å². The highest BCUT2D eigenvalue weighted by atomic mass is 19.4. The Bertz CT molecular complexity index is 1400. The second-order valence-electron chi connectivity index (χ2n) is 12.0. The molecular weight excluding hydrogens is 559 g/mol. The Labute approximate surface area is 263 Å². The van der Waals surface area contributed by atoms with Crippen molar-refractivity contribution in [1.29, 1.82) is 0 Å². The fourth-order valence-corrected chi connectivity index (χ4v) is 5.22. The van der Waals surface area contributed by atoms with E-state index < -0.39 is 11.7 Å². The SMILES string of the molecule is CCCCCC(C)CCC.CCCCN(C)CCC.Cc1cnc2c(-c3cc(C)nc4cc(C(F)(F)F)ccc34)cnn2c1. The van der Waals surface area contributed by atoms with E-state index in [1.165, 1.54) is 76.9 Å². The van der Waals surface area contributed by atoms with Crippen LogP contribution in [0.4, 0.5) is 13.2 Å². The van der Waals surface area contributed by atoms with Gasteiger partial charge in [0.05, 0.1) is 17.3 Å². The first kappa shape index (κ1) is 37.2. The van der Waals surface area contributed by atoms with Gasteiger partial charge in [0.1, 0.15) is 0 Å². The number of hydrogen-bond donors (Lipinski definition) is 0. The molecule has 0 radical (unpaired) electrons. The van der Waals surface area contributed by atoms with Crippen molar-refractivity contribution in [3.05, 3.63) is 59.7 Å². The van der Waals surface area contributed by atoms with Crippen LogP contribution in [0.25, 0.3) is 27.7 Å². The molecular formula is C36H54F3N5. The summed E-state index contributed by atoms with van der Waals surface area (Å²) in [6.45, 7) is 17.6. The molecule has 0 spiro atoms. The van der Waals surface area contributed by atoms with E-state index in [-0.39, 0.29) is 0 Å². The van der Waals surface area contributed by atoms with E-state index >= 15 is 0 Å². The highest BCUT2D eigenvalue weighted by Crippen LogP contribution is 2.35. The third kappa shape index (κ3) is 11.8. The predicted octanol–water partition coefficient (Wildman–Crippen LogP) is 10.7. The summed E-state index contributed by atoms with van der Waals surface area (Å²) in [4.78, 5) is 11.1. The molecule has 0 aliphatic rings. The molecule has 3 aromatic heterocycles.